The number of hydrogen-bond acceptors (Lipinski definition) is 3. The summed E-state index contributed by atoms with van der Waals surface area (Å²) < 4.78 is 14.6. The number of benzene rings is 2. The van der Waals surface area contributed by atoms with E-state index in [1.165, 1.54) is 13.0 Å². The summed E-state index contributed by atoms with van der Waals surface area (Å²) in [7, 11) is 0. The SMILES string of the molecule is CC(=O)NCCN1CCC[C@@H](C(=O)c2ccc(-c3ccccc3)c(F)c2)C1. The molecule has 1 heterocycles. The number of carbonyl (C=O) groups excluding carboxylic acids is 2. The van der Waals surface area contributed by atoms with Crippen LogP contribution in [-0.2, 0) is 4.79 Å². The van der Waals surface area contributed by atoms with Crippen LogP contribution in [0.2, 0.25) is 0 Å². The number of carbonyl (C=O) groups is 2. The fourth-order valence-electron chi connectivity index (χ4n) is 3.62. The van der Waals surface area contributed by atoms with Crippen molar-refractivity contribution in [1.82, 2.24) is 10.2 Å². The molecule has 1 aliphatic heterocycles. The highest BCUT2D eigenvalue weighted by Crippen LogP contribution is 2.26. The molecule has 1 N–H and O–H groups in total. The molecule has 1 fully saturated rings. The molecule has 2 aromatic carbocycles. The van der Waals surface area contributed by atoms with Gasteiger partial charge in [0.15, 0.2) is 5.78 Å². The molecule has 1 amide bonds. The van der Waals surface area contributed by atoms with E-state index in [4.69, 9.17) is 0 Å². The lowest BCUT2D eigenvalue weighted by Crippen LogP contribution is -2.42. The fourth-order valence-corrected chi connectivity index (χ4v) is 3.62. The minimum atomic E-state index is -0.370. The molecule has 0 aliphatic carbocycles. The van der Waals surface area contributed by atoms with Gasteiger partial charge in [0.2, 0.25) is 5.91 Å². The molecule has 142 valence electrons. The number of ketones is 1. The topological polar surface area (TPSA) is 49.4 Å². The van der Waals surface area contributed by atoms with Crippen molar-refractivity contribution in [1.29, 1.82) is 0 Å². The van der Waals surface area contributed by atoms with Gasteiger partial charge in [0.05, 0.1) is 0 Å². The molecule has 0 spiro atoms. The molecule has 1 atom stereocenters. The standard InChI is InChI=1S/C22H25FN2O2/c1-16(26)24-11-13-25-12-5-8-19(15-25)22(27)18-9-10-20(21(23)14-18)17-6-3-2-4-7-17/h2-4,6-7,9-10,14,19H,5,8,11-13,15H2,1H3,(H,24,26)/t19-/m1/s1. The van der Waals surface area contributed by atoms with Crippen molar-refractivity contribution in [3.63, 3.8) is 0 Å². The van der Waals surface area contributed by atoms with Crippen molar-refractivity contribution in [2.45, 2.75) is 19.8 Å². The summed E-state index contributed by atoms with van der Waals surface area (Å²) >= 11 is 0. The summed E-state index contributed by atoms with van der Waals surface area (Å²) in [6.45, 7) is 4.38. The molecular weight excluding hydrogens is 343 g/mol. The van der Waals surface area contributed by atoms with Crippen LogP contribution >= 0.6 is 0 Å². The molecule has 4 nitrogen and oxygen atoms in total. The largest absolute Gasteiger partial charge is 0.355 e. The smallest absolute Gasteiger partial charge is 0.216 e. The minimum absolute atomic E-state index is 0.00209. The Hall–Kier alpha value is -2.53. The lowest BCUT2D eigenvalue weighted by atomic mass is 9.89. The van der Waals surface area contributed by atoms with Crippen LogP contribution in [0.15, 0.2) is 48.5 Å². The summed E-state index contributed by atoms with van der Waals surface area (Å²) in [5.41, 5.74) is 1.74. The van der Waals surface area contributed by atoms with Gasteiger partial charge in [-0.15, -0.1) is 0 Å². The molecule has 0 radical (unpaired) electrons. The van der Waals surface area contributed by atoms with E-state index >= 15 is 0 Å². The van der Waals surface area contributed by atoms with Gasteiger partial charge < -0.3 is 10.2 Å². The van der Waals surface area contributed by atoms with E-state index in [0.29, 0.717) is 24.2 Å². The normalized spacial score (nSPS) is 17.5. The molecule has 27 heavy (non-hydrogen) atoms. The van der Waals surface area contributed by atoms with E-state index in [1.807, 2.05) is 30.3 Å². The second kappa shape index (κ2) is 8.91. The number of hydrogen-bond donors (Lipinski definition) is 1. The maximum Gasteiger partial charge on any atom is 0.216 e. The molecule has 1 saturated heterocycles. The van der Waals surface area contributed by atoms with Crippen LogP contribution in [0.1, 0.15) is 30.1 Å². The van der Waals surface area contributed by atoms with E-state index in [0.717, 1.165) is 31.5 Å². The molecular formula is C22H25FN2O2. The Labute approximate surface area is 159 Å². The van der Waals surface area contributed by atoms with E-state index in [2.05, 4.69) is 10.2 Å². The Morgan fingerprint density at radius 3 is 2.67 bits per heavy atom. The number of nitrogens with zero attached hydrogens (tertiary/aromatic N) is 1. The Balaban J connectivity index is 1.66. The van der Waals surface area contributed by atoms with Crippen LogP contribution in [0.3, 0.4) is 0 Å². The van der Waals surface area contributed by atoms with Crippen LogP contribution < -0.4 is 5.32 Å². The van der Waals surface area contributed by atoms with Crippen molar-refractivity contribution in [3.8, 4) is 11.1 Å². The van der Waals surface area contributed by atoms with E-state index in [9.17, 15) is 14.0 Å². The molecule has 1 aliphatic rings. The monoisotopic (exact) mass is 368 g/mol. The van der Waals surface area contributed by atoms with Crippen molar-refractivity contribution in [3.05, 3.63) is 59.9 Å². The second-order valence-electron chi connectivity index (χ2n) is 7.05. The van der Waals surface area contributed by atoms with Gasteiger partial charge in [-0.05, 0) is 31.0 Å². The molecule has 0 saturated carbocycles. The van der Waals surface area contributed by atoms with Crippen LogP contribution in [0.25, 0.3) is 11.1 Å². The van der Waals surface area contributed by atoms with Gasteiger partial charge in [-0.2, -0.15) is 0 Å². The quantitative estimate of drug-likeness (QED) is 0.794. The van der Waals surface area contributed by atoms with Crippen molar-refractivity contribution in [2.75, 3.05) is 26.2 Å². The predicted molar refractivity (Wildman–Crippen MR) is 104 cm³/mol. The number of piperidine rings is 1. The van der Waals surface area contributed by atoms with Crippen LogP contribution in [0.4, 0.5) is 4.39 Å². The zero-order chi connectivity index (χ0) is 19.2. The summed E-state index contributed by atoms with van der Waals surface area (Å²) in [4.78, 5) is 26.0. The third kappa shape index (κ3) is 5.01. The lowest BCUT2D eigenvalue weighted by Gasteiger charge is -2.32. The van der Waals surface area contributed by atoms with Crippen molar-refractivity contribution < 1.29 is 14.0 Å². The van der Waals surface area contributed by atoms with Gasteiger partial charge in [-0.3, -0.25) is 9.59 Å². The Kier molecular flexibility index (Phi) is 6.35. The highest BCUT2D eigenvalue weighted by atomic mass is 19.1. The number of halogens is 1. The van der Waals surface area contributed by atoms with Crippen LogP contribution in [0, 0.1) is 11.7 Å². The van der Waals surface area contributed by atoms with Crippen LogP contribution in [-0.4, -0.2) is 42.8 Å². The number of amides is 1. The molecule has 0 bridgehead atoms. The van der Waals surface area contributed by atoms with E-state index < -0.39 is 0 Å². The highest BCUT2D eigenvalue weighted by molar-refractivity contribution is 5.98. The Morgan fingerprint density at radius 2 is 1.96 bits per heavy atom. The second-order valence-corrected chi connectivity index (χ2v) is 7.05. The zero-order valence-corrected chi connectivity index (χ0v) is 15.6. The van der Waals surface area contributed by atoms with E-state index in [-0.39, 0.29) is 23.4 Å². The first-order valence-electron chi connectivity index (χ1n) is 9.40. The first kappa shape index (κ1) is 19.2. The van der Waals surface area contributed by atoms with Gasteiger partial charge in [0.1, 0.15) is 5.82 Å². The first-order valence-corrected chi connectivity index (χ1v) is 9.40. The number of likely N-dealkylation sites (tertiary alicyclic amines) is 1. The average Bonchev–Trinajstić information content (AvgIpc) is 2.68. The van der Waals surface area contributed by atoms with E-state index in [1.54, 1.807) is 12.1 Å². The maximum absolute atomic E-state index is 14.6. The summed E-state index contributed by atoms with van der Waals surface area (Å²) in [5, 5.41) is 2.78. The van der Waals surface area contributed by atoms with Gasteiger partial charge in [0.25, 0.3) is 0 Å². The Bertz CT molecular complexity index is 807. The predicted octanol–water partition coefficient (Wildman–Crippen LogP) is 3.52. The lowest BCUT2D eigenvalue weighted by molar-refractivity contribution is -0.119. The summed E-state index contributed by atoms with van der Waals surface area (Å²) in [6.07, 6.45) is 1.75. The van der Waals surface area contributed by atoms with Gasteiger partial charge in [-0.1, -0.05) is 42.5 Å². The number of nitrogens with one attached hydrogen (secondary N) is 1. The molecule has 5 heteroatoms. The summed E-state index contributed by atoms with van der Waals surface area (Å²) in [6, 6.07) is 14.1. The van der Waals surface area contributed by atoms with Gasteiger partial charge >= 0.3 is 0 Å². The first-order chi connectivity index (χ1) is 13.0. The third-order valence-corrected chi connectivity index (χ3v) is 5.02. The van der Waals surface area contributed by atoms with Gasteiger partial charge in [0, 0.05) is 43.6 Å². The van der Waals surface area contributed by atoms with Crippen molar-refractivity contribution >= 4 is 11.7 Å². The molecule has 0 unspecified atom stereocenters. The van der Waals surface area contributed by atoms with Crippen LogP contribution in [0.5, 0.6) is 0 Å². The third-order valence-electron chi connectivity index (χ3n) is 5.02. The molecule has 3 rings (SSSR count). The fraction of sp³-hybridized carbons (Fsp3) is 0.364. The maximum atomic E-state index is 14.6. The summed E-state index contributed by atoms with van der Waals surface area (Å²) in [5.74, 6) is -0.546. The highest BCUT2D eigenvalue weighted by Gasteiger charge is 2.27. The zero-order valence-electron chi connectivity index (χ0n) is 15.6. The average molecular weight is 368 g/mol. The number of Topliss-reactive ketones (excluding diaryl/α,β-unsaturated/α-hetero) is 1. The Morgan fingerprint density at radius 1 is 1.19 bits per heavy atom. The van der Waals surface area contributed by atoms with Gasteiger partial charge in [-0.25, -0.2) is 4.39 Å². The number of rotatable bonds is 6. The minimum Gasteiger partial charge on any atom is -0.355 e. The molecule has 0 aromatic heterocycles. The molecule has 2 aromatic rings. The van der Waals surface area contributed by atoms with Crippen molar-refractivity contribution in [2.24, 2.45) is 5.92 Å².